The molecule has 4 nitrogen and oxygen atoms in total. The molecule has 2 atom stereocenters. The third-order valence-electron chi connectivity index (χ3n) is 2.69. The fourth-order valence-corrected chi connectivity index (χ4v) is 1.87. The number of carbonyl (C=O) groups excluding carboxylic acids is 1. The maximum Gasteiger partial charge on any atom is 0.350 e. The predicted octanol–water partition coefficient (Wildman–Crippen LogP) is 1.22. The number of hydrogen-bond acceptors (Lipinski definition) is 4. The predicted molar refractivity (Wildman–Crippen MR) is 57.1 cm³/mol. The number of rotatable bonds is 2. The number of esters is 1. The molecule has 86 valence electrons. The zero-order chi connectivity index (χ0) is 11.8. The highest BCUT2D eigenvalue weighted by molar-refractivity contribution is 5.78. The number of ether oxygens (including phenoxy) is 2. The minimum absolute atomic E-state index is 0.269. The Bertz CT molecular complexity index is 411. The Morgan fingerprint density at radius 3 is 2.88 bits per heavy atom. The monoisotopic (exact) mass is 222 g/mol. The van der Waals surface area contributed by atoms with Gasteiger partial charge in [-0.25, -0.2) is 4.79 Å². The molecule has 1 aromatic carbocycles. The summed E-state index contributed by atoms with van der Waals surface area (Å²) in [6.07, 6.45) is -0.982. The van der Waals surface area contributed by atoms with E-state index in [-0.39, 0.29) is 6.61 Å². The molecular formula is C12H14O4. The molecule has 0 fully saturated rings. The van der Waals surface area contributed by atoms with Crippen molar-refractivity contribution in [2.45, 2.75) is 25.6 Å². The molecule has 0 saturated heterocycles. The summed E-state index contributed by atoms with van der Waals surface area (Å²) in [6.45, 7) is 3.54. The van der Waals surface area contributed by atoms with Gasteiger partial charge in [0.2, 0.25) is 6.10 Å². The quantitative estimate of drug-likeness (QED) is 0.764. The van der Waals surface area contributed by atoms with E-state index >= 15 is 0 Å². The van der Waals surface area contributed by atoms with Crippen molar-refractivity contribution in [3.63, 3.8) is 0 Å². The molecule has 1 aliphatic heterocycles. The summed E-state index contributed by atoms with van der Waals surface area (Å²) in [5.41, 5.74) is -0.712. The van der Waals surface area contributed by atoms with Crippen LogP contribution in [0.25, 0.3) is 0 Å². The molecule has 0 unspecified atom stereocenters. The van der Waals surface area contributed by atoms with Gasteiger partial charge in [-0.3, -0.25) is 0 Å². The topological polar surface area (TPSA) is 55.8 Å². The Hall–Kier alpha value is -1.55. The smallest absolute Gasteiger partial charge is 0.350 e. The fraction of sp³-hybridized carbons (Fsp3) is 0.417. The largest absolute Gasteiger partial charge is 0.475 e. The first kappa shape index (κ1) is 11.0. The molecule has 0 spiro atoms. The molecule has 1 N–H and O–H groups in total. The molecular weight excluding hydrogens is 208 g/mol. The Labute approximate surface area is 93.8 Å². The van der Waals surface area contributed by atoms with Gasteiger partial charge in [0, 0.05) is 5.56 Å². The Kier molecular flexibility index (Phi) is 2.59. The lowest BCUT2D eigenvalue weighted by Gasteiger charge is -2.22. The average molecular weight is 222 g/mol. The Balaban J connectivity index is 2.32. The minimum Gasteiger partial charge on any atom is -0.475 e. The van der Waals surface area contributed by atoms with Gasteiger partial charge in [-0.05, 0) is 19.9 Å². The van der Waals surface area contributed by atoms with Crippen molar-refractivity contribution in [3.8, 4) is 5.75 Å². The number of fused-ring (bicyclic) bond motifs is 1. The van der Waals surface area contributed by atoms with Crippen LogP contribution >= 0.6 is 0 Å². The highest BCUT2D eigenvalue weighted by atomic mass is 16.6. The summed E-state index contributed by atoms with van der Waals surface area (Å²) < 4.78 is 10.3. The van der Waals surface area contributed by atoms with Crippen molar-refractivity contribution in [1.29, 1.82) is 0 Å². The van der Waals surface area contributed by atoms with Gasteiger partial charge >= 0.3 is 5.97 Å². The summed E-state index contributed by atoms with van der Waals surface area (Å²) in [7, 11) is 0. The number of para-hydroxylation sites is 1. The number of hydrogen-bond donors (Lipinski definition) is 1. The lowest BCUT2D eigenvalue weighted by atomic mass is 9.92. The SMILES string of the molecule is CCOC(=O)[C@H]1Oc2ccccc2[C@@]1(C)O. The van der Waals surface area contributed by atoms with Crippen LogP contribution in [0, 0.1) is 0 Å². The van der Waals surface area contributed by atoms with Crippen LogP contribution in [-0.2, 0) is 15.1 Å². The van der Waals surface area contributed by atoms with Crippen LogP contribution in [-0.4, -0.2) is 23.8 Å². The van der Waals surface area contributed by atoms with Crippen molar-refractivity contribution >= 4 is 5.97 Å². The first-order valence-electron chi connectivity index (χ1n) is 5.22. The zero-order valence-electron chi connectivity index (χ0n) is 9.27. The maximum absolute atomic E-state index is 11.6. The Morgan fingerprint density at radius 2 is 2.25 bits per heavy atom. The third kappa shape index (κ3) is 1.55. The first-order chi connectivity index (χ1) is 7.57. The second-order valence-corrected chi connectivity index (χ2v) is 3.89. The van der Waals surface area contributed by atoms with Crippen molar-refractivity contribution < 1.29 is 19.4 Å². The highest BCUT2D eigenvalue weighted by Crippen LogP contribution is 2.41. The van der Waals surface area contributed by atoms with E-state index < -0.39 is 17.7 Å². The van der Waals surface area contributed by atoms with Crippen molar-refractivity contribution in [2.24, 2.45) is 0 Å². The molecule has 4 heteroatoms. The molecule has 0 bridgehead atoms. The van der Waals surface area contributed by atoms with Crippen LogP contribution in [0.3, 0.4) is 0 Å². The zero-order valence-corrected chi connectivity index (χ0v) is 9.27. The average Bonchev–Trinajstić information content (AvgIpc) is 2.52. The van der Waals surface area contributed by atoms with Crippen molar-refractivity contribution in [1.82, 2.24) is 0 Å². The summed E-state index contributed by atoms with van der Waals surface area (Å²) in [4.78, 5) is 11.6. The third-order valence-corrected chi connectivity index (χ3v) is 2.69. The first-order valence-corrected chi connectivity index (χ1v) is 5.22. The van der Waals surface area contributed by atoms with E-state index in [0.29, 0.717) is 11.3 Å². The molecule has 16 heavy (non-hydrogen) atoms. The van der Waals surface area contributed by atoms with Crippen LogP contribution < -0.4 is 4.74 Å². The molecule has 1 heterocycles. The van der Waals surface area contributed by atoms with Gasteiger partial charge in [0.25, 0.3) is 0 Å². The highest BCUT2D eigenvalue weighted by Gasteiger charge is 2.48. The summed E-state index contributed by atoms with van der Waals surface area (Å²) >= 11 is 0. The van der Waals surface area contributed by atoms with E-state index in [1.54, 1.807) is 38.1 Å². The second kappa shape index (κ2) is 3.79. The molecule has 1 aromatic rings. The number of benzene rings is 1. The van der Waals surface area contributed by atoms with Gasteiger partial charge in [0.15, 0.2) is 0 Å². The minimum atomic E-state index is -1.33. The molecule has 1 aliphatic rings. The Morgan fingerprint density at radius 1 is 1.56 bits per heavy atom. The summed E-state index contributed by atoms with van der Waals surface area (Å²) in [5, 5.41) is 10.3. The van der Waals surface area contributed by atoms with E-state index in [2.05, 4.69) is 0 Å². The van der Waals surface area contributed by atoms with Crippen LogP contribution in [0.1, 0.15) is 19.4 Å². The van der Waals surface area contributed by atoms with Gasteiger partial charge < -0.3 is 14.6 Å². The second-order valence-electron chi connectivity index (χ2n) is 3.89. The number of carbonyl (C=O) groups is 1. The molecule has 2 rings (SSSR count). The summed E-state index contributed by atoms with van der Waals surface area (Å²) in [5.74, 6) is -0.00532. The summed E-state index contributed by atoms with van der Waals surface area (Å²) in [6, 6.07) is 7.06. The molecule has 0 radical (unpaired) electrons. The van der Waals surface area contributed by atoms with E-state index in [9.17, 15) is 9.90 Å². The molecule has 0 saturated carbocycles. The van der Waals surface area contributed by atoms with Gasteiger partial charge in [-0.2, -0.15) is 0 Å². The number of aliphatic hydroxyl groups is 1. The fourth-order valence-electron chi connectivity index (χ4n) is 1.87. The molecule has 0 aromatic heterocycles. The van der Waals surface area contributed by atoms with E-state index in [1.807, 2.05) is 0 Å². The van der Waals surface area contributed by atoms with Crippen LogP contribution in [0.5, 0.6) is 5.75 Å². The van der Waals surface area contributed by atoms with E-state index in [1.165, 1.54) is 0 Å². The normalized spacial score (nSPS) is 27.1. The van der Waals surface area contributed by atoms with Crippen molar-refractivity contribution in [2.75, 3.05) is 6.61 Å². The van der Waals surface area contributed by atoms with Gasteiger partial charge in [-0.15, -0.1) is 0 Å². The standard InChI is InChI=1S/C12H14O4/c1-3-15-11(13)10-12(2,14)8-6-4-5-7-9(8)16-10/h4-7,10,14H,3H2,1-2H3/t10-,12-/m1/s1. The maximum atomic E-state index is 11.6. The van der Waals surface area contributed by atoms with Crippen molar-refractivity contribution in [3.05, 3.63) is 29.8 Å². The van der Waals surface area contributed by atoms with Gasteiger partial charge in [-0.1, -0.05) is 18.2 Å². The van der Waals surface area contributed by atoms with Crippen LogP contribution in [0.15, 0.2) is 24.3 Å². The lowest BCUT2D eigenvalue weighted by molar-refractivity contribution is -0.161. The van der Waals surface area contributed by atoms with Gasteiger partial charge in [0.05, 0.1) is 6.61 Å². The molecule has 0 amide bonds. The molecule has 0 aliphatic carbocycles. The lowest BCUT2D eigenvalue weighted by Crippen LogP contribution is -2.42. The van der Waals surface area contributed by atoms with Gasteiger partial charge in [0.1, 0.15) is 11.4 Å². The van der Waals surface area contributed by atoms with Crippen LogP contribution in [0.4, 0.5) is 0 Å². The van der Waals surface area contributed by atoms with Crippen LogP contribution in [0.2, 0.25) is 0 Å². The van der Waals surface area contributed by atoms with E-state index in [4.69, 9.17) is 9.47 Å². The van der Waals surface area contributed by atoms with E-state index in [0.717, 1.165) is 0 Å².